The van der Waals surface area contributed by atoms with E-state index in [1.54, 1.807) is 4.90 Å². The van der Waals surface area contributed by atoms with E-state index in [-0.39, 0.29) is 25.5 Å². The molecule has 6 nitrogen and oxygen atoms in total. The third-order valence-electron chi connectivity index (χ3n) is 5.76. The van der Waals surface area contributed by atoms with Gasteiger partial charge in [0.1, 0.15) is 0 Å². The summed E-state index contributed by atoms with van der Waals surface area (Å²) in [4.78, 5) is 15.9. The van der Waals surface area contributed by atoms with E-state index in [9.17, 15) is 26.4 Å². The highest BCUT2D eigenvalue weighted by Crippen LogP contribution is 2.36. The number of carbonyl (C=O) groups excluding carboxylic acids is 1. The molecule has 1 fully saturated rings. The summed E-state index contributed by atoms with van der Waals surface area (Å²) in [5.74, 6) is -0.0567. The SMILES string of the molecule is O=C(CN1CCN(S(=O)(=O)c2ccc(Cl)c(C(F)(F)F)c2)CC1)N1CCc2ccccc21. The number of amides is 1. The Labute approximate surface area is 189 Å². The van der Waals surface area contributed by atoms with Crippen LogP contribution in [0.15, 0.2) is 47.4 Å². The van der Waals surface area contributed by atoms with Crippen molar-refractivity contribution in [3.63, 3.8) is 0 Å². The van der Waals surface area contributed by atoms with Crippen molar-refractivity contribution in [1.29, 1.82) is 0 Å². The summed E-state index contributed by atoms with van der Waals surface area (Å²) >= 11 is 5.60. The summed E-state index contributed by atoms with van der Waals surface area (Å²) < 4.78 is 66.2. The van der Waals surface area contributed by atoms with Gasteiger partial charge < -0.3 is 4.90 Å². The number of hydrogen-bond acceptors (Lipinski definition) is 4. The Balaban J connectivity index is 1.40. The molecule has 2 heterocycles. The van der Waals surface area contributed by atoms with Crippen molar-refractivity contribution in [2.24, 2.45) is 0 Å². The molecule has 0 atom stereocenters. The van der Waals surface area contributed by atoms with Crippen LogP contribution in [0.3, 0.4) is 0 Å². The number of carbonyl (C=O) groups is 1. The fourth-order valence-corrected chi connectivity index (χ4v) is 5.71. The number of anilines is 1. The van der Waals surface area contributed by atoms with Crippen LogP contribution in [0, 0.1) is 0 Å². The maximum Gasteiger partial charge on any atom is 0.417 e. The number of hydrogen-bond donors (Lipinski definition) is 0. The Hall–Kier alpha value is -2.14. The van der Waals surface area contributed by atoms with Crippen LogP contribution in [0.5, 0.6) is 0 Å². The summed E-state index contributed by atoms with van der Waals surface area (Å²) in [5.41, 5.74) is 0.843. The van der Waals surface area contributed by atoms with Crippen LogP contribution in [0.2, 0.25) is 5.02 Å². The molecule has 0 radical (unpaired) electrons. The zero-order valence-electron chi connectivity index (χ0n) is 17.0. The van der Waals surface area contributed by atoms with Crippen LogP contribution >= 0.6 is 11.6 Å². The van der Waals surface area contributed by atoms with Gasteiger partial charge in [0.25, 0.3) is 0 Å². The quantitative estimate of drug-likeness (QED) is 0.664. The maximum absolute atomic E-state index is 13.1. The van der Waals surface area contributed by atoms with E-state index in [4.69, 9.17) is 11.6 Å². The number of nitrogens with zero attached hydrogens (tertiary/aromatic N) is 3. The fourth-order valence-electron chi connectivity index (χ4n) is 4.03. The molecule has 0 bridgehead atoms. The number of piperazine rings is 1. The second-order valence-corrected chi connectivity index (χ2v) is 10.1. The molecule has 32 heavy (non-hydrogen) atoms. The minimum absolute atomic E-state index is 0.0567. The molecule has 11 heteroatoms. The summed E-state index contributed by atoms with van der Waals surface area (Å²) in [6, 6.07) is 10.3. The first-order valence-electron chi connectivity index (χ1n) is 10.0. The predicted molar refractivity (Wildman–Crippen MR) is 114 cm³/mol. The molecule has 2 aliphatic rings. The summed E-state index contributed by atoms with van der Waals surface area (Å²) in [6.45, 7) is 1.54. The second-order valence-electron chi connectivity index (χ2n) is 7.74. The Morgan fingerprint density at radius 2 is 1.69 bits per heavy atom. The largest absolute Gasteiger partial charge is 0.417 e. The van der Waals surface area contributed by atoms with Gasteiger partial charge in [0.05, 0.1) is 22.0 Å². The normalized spacial score (nSPS) is 18.1. The molecule has 0 spiro atoms. The van der Waals surface area contributed by atoms with E-state index < -0.39 is 31.7 Å². The Morgan fingerprint density at radius 1 is 1.00 bits per heavy atom. The lowest BCUT2D eigenvalue weighted by Crippen LogP contribution is -2.51. The molecule has 0 unspecified atom stereocenters. The van der Waals surface area contributed by atoms with Gasteiger partial charge in [-0.25, -0.2) is 8.42 Å². The van der Waals surface area contributed by atoms with Gasteiger partial charge in [-0.2, -0.15) is 17.5 Å². The first-order valence-corrected chi connectivity index (χ1v) is 11.9. The van der Waals surface area contributed by atoms with Crippen molar-refractivity contribution in [2.45, 2.75) is 17.5 Å². The number of halogens is 4. The zero-order valence-corrected chi connectivity index (χ0v) is 18.6. The van der Waals surface area contributed by atoms with Crippen molar-refractivity contribution in [3.8, 4) is 0 Å². The average molecular weight is 488 g/mol. The van der Waals surface area contributed by atoms with Gasteiger partial charge in [-0.05, 0) is 36.2 Å². The summed E-state index contributed by atoms with van der Waals surface area (Å²) in [6.07, 6.45) is -3.95. The molecule has 172 valence electrons. The van der Waals surface area contributed by atoms with Gasteiger partial charge in [0.2, 0.25) is 15.9 Å². The lowest BCUT2D eigenvalue weighted by molar-refractivity contribution is -0.137. The molecule has 0 saturated carbocycles. The molecule has 0 N–H and O–H groups in total. The molecular weight excluding hydrogens is 467 g/mol. The maximum atomic E-state index is 13.1. The first kappa shape index (κ1) is 23.0. The van der Waals surface area contributed by atoms with Crippen LogP contribution in [-0.4, -0.2) is 62.8 Å². The number of sulfonamides is 1. The van der Waals surface area contributed by atoms with Crippen molar-refractivity contribution < 1.29 is 26.4 Å². The molecule has 1 saturated heterocycles. The Morgan fingerprint density at radius 3 is 2.38 bits per heavy atom. The Kier molecular flexibility index (Phi) is 6.23. The summed E-state index contributed by atoms with van der Waals surface area (Å²) in [5, 5.41) is -0.553. The van der Waals surface area contributed by atoms with Crippen LogP contribution in [0.4, 0.5) is 18.9 Å². The lowest BCUT2D eigenvalue weighted by Gasteiger charge is -2.34. The van der Waals surface area contributed by atoms with Crippen LogP contribution in [0.25, 0.3) is 0 Å². The molecule has 2 aliphatic heterocycles. The van der Waals surface area contributed by atoms with Crippen LogP contribution in [-0.2, 0) is 27.4 Å². The van der Waals surface area contributed by atoms with Crippen molar-refractivity contribution in [1.82, 2.24) is 9.21 Å². The van der Waals surface area contributed by atoms with Crippen LogP contribution in [0.1, 0.15) is 11.1 Å². The topological polar surface area (TPSA) is 60.9 Å². The van der Waals surface area contributed by atoms with E-state index in [1.807, 2.05) is 29.2 Å². The molecule has 4 rings (SSSR count). The van der Waals surface area contributed by atoms with Crippen molar-refractivity contribution in [3.05, 3.63) is 58.6 Å². The van der Waals surface area contributed by atoms with Crippen molar-refractivity contribution in [2.75, 3.05) is 44.2 Å². The number of rotatable bonds is 4. The van der Waals surface area contributed by atoms with Gasteiger partial charge in [-0.3, -0.25) is 9.69 Å². The summed E-state index contributed by atoms with van der Waals surface area (Å²) in [7, 11) is -4.12. The highest BCUT2D eigenvalue weighted by molar-refractivity contribution is 7.89. The number of para-hydroxylation sites is 1. The van der Waals surface area contributed by atoms with Gasteiger partial charge in [0, 0.05) is 38.4 Å². The highest BCUT2D eigenvalue weighted by atomic mass is 35.5. The predicted octanol–water partition coefficient (Wildman–Crippen LogP) is 3.25. The molecular formula is C21H21ClF3N3O3S. The highest BCUT2D eigenvalue weighted by Gasteiger charge is 2.36. The van der Waals surface area contributed by atoms with Gasteiger partial charge in [-0.15, -0.1) is 0 Å². The van der Waals surface area contributed by atoms with Gasteiger partial charge in [0.15, 0.2) is 0 Å². The van der Waals surface area contributed by atoms with E-state index in [1.165, 1.54) is 0 Å². The number of benzene rings is 2. The molecule has 2 aromatic carbocycles. The fraction of sp³-hybridized carbons (Fsp3) is 0.381. The minimum atomic E-state index is -4.75. The van der Waals surface area contributed by atoms with Crippen molar-refractivity contribution >= 4 is 33.2 Å². The minimum Gasteiger partial charge on any atom is -0.311 e. The van der Waals surface area contributed by atoms with Crippen LogP contribution < -0.4 is 4.90 Å². The lowest BCUT2D eigenvalue weighted by atomic mass is 10.2. The number of fused-ring (bicyclic) bond motifs is 1. The van der Waals surface area contributed by atoms with E-state index in [0.717, 1.165) is 34.1 Å². The van der Waals surface area contributed by atoms with E-state index >= 15 is 0 Å². The monoisotopic (exact) mass is 487 g/mol. The molecule has 1 amide bonds. The molecule has 2 aromatic rings. The van der Waals surface area contributed by atoms with E-state index in [0.29, 0.717) is 25.7 Å². The second kappa shape index (κ2) is 8.66. The third kappa shape index (κ3) is 4.50. The first-order chi connectivity index (χ1) is 15.1. The molecule has 0 aliphatic carbocycles. The van der Waals surface area contributed by atoms with Gasteiger partial charge in [-0.1, -0.05) is 29.8 Å². The zero-order chi connectivity index (χ0) is 23.1. The standard InChI is InChI=1S/C21H21ClF3N3O3S/c22-18-6-5-16(13-17(18)21(23,24)25)32(30,31)27-11-9-26(10-12-27)14-20(29)28-8-7-15-3-1-2-4-19(15)28/h1-6,13H,7-12,14H2. The number of alkyl halides is 3. The Bertz CT molecular complexity index is 1130. The van der Waals surface area contributed by atoms with E-state index in [2.05, 4.69) is 0 Å². The average Bonchev–Trinajstić information content (AvgIpc) is 3.18. The smallest absolute Gasteiger partial charge is 0.311 e. The molecule has 0 aromatic heterocycles. The van der Waals surface area contributed by atoms with Gasteiger partial charge >= 0.3 is 6.18 Å². The third-order valence-corrected chi connectivity index (χ3v) is 7.98.